The van der Waals surface area contributed by atoms with Crippen molar-refractivity contribution < 1.29 is 4.79 Å². The number of hydrogen-bond donors (Lipinski definition) is 1. The molecule has 2 aromatic rings. The van der Waals surface area contributed by atoms with Gasteiger partial charge in [-0.05, 0) is 44.5 Å². The quantitative estimate of drug-likeness (QED) is 0.917. The number of anilines is 2. The molecular weight excluding hydrogens is 264 g/mol. The number of nitrogens with one attached hydrogen (secondary N) is 1. The summed E-state index contributed by atoms with van der Waals surface area (Å²) in [7, 11) is 0. The van der Waals surface area contributed by atoms with Crippen LogP contribution < -0.4 is 10.2 Å². The van der Waals surface area contributed by atoms with Gasteiger partial charge in [0.15, 0.2) is 5.69 Å². The second-order valence-electron chi connectivity index (χ2n) is 4.67. The predicted molar refractivity (Wildman–Crippen MR) is 84.7 cm³/mol. The second kappa shape index (κ2) is 6.83. The average Bonchev–Trinajstić information content (AvgIpc) is 2.51. The summed E-state index contributed by atoms with van der Waals surface area (Å²) < 4.78 is 0. The summed E-state index contributed by atoms with van der Waals surface area (Å²) in [5.74, 6) is 0.537. The van der Waals surface area contributed by atoms with Crippen LogP contribution in [0.5, 0.6) is 0 Å². The minimum absolute atomic E-state index is 0.137. The maximum atomic E-state index is 12.6. The third-order valence-electron chi connectivity index (χ3n) is 3.21. The van der Waals surface area contributed by atoms with E-state index < -0.39 is 0 Å². The van der Waals surface area contributed by atoms with Crippen LogP contribution in [0.15, 0.2) is 36.4 Å². The van der Waals surface area contributed by atoms with Crippen molar-refractivity contribution in [1.82, 2.24) is 10.2 Å². The van der Waals surface area contributed by atoms with E-state index in [0.717, 1.165) is 17.8 Å². The highest BCUT2D eigenvalue weighted by atomic mass is 16.2. The smallest absolute Gasteiger partial charge is 0.278 e. The minimum Gasteiger partial charge on any atom is -0.369 e. The van der Waals surface area contributed by atoms with E-state index in [1.807, 2.05) is 45.0 Å². The summed E-state index contributed by atoms with van der Waals surface area (Å²) in [5, 5.41) is 11.1. The van der Waals surface area contributed by atoms with Gasteiger partial charge < -0.3 is 10.2 Å². The zero-order valence-electron chi connectivity index (χ0n) is 12.6. The third-order valence-corrected chi connectivity index (χ3v) is 3.21. The number of para-hydroxylation sites is 1. The predicted octanol–water partition coefficient (Wildman–Crippen LogP) is 2.88. The average molecular weight is 284 g/mol. The van der Waals surface area contributed by atoms with Crippen molar-refractivity contribution in [2.24, 2.45) is 0 Å². The largest absolute Gasteiger partial charge is 0.369 e. The summed E-state index contributed by atoms with van der Waals surface area (Å²) in [6.45, 7) is 7.28. The molecule has 21 heavy (non-hydrogen) atoms. The minimum atomic E-state index is -0.137. The molecule has 0 spiro atoms. The topological polar surface area (TPSA) is 58.1 Å². The Morgan fingerprint density at radius 2 is 1.90 bits per heavy atom. The molecule has 5 heteroatoms. The molecule has 5 nitrogen and oxygen atoms in total. The van der Waals surface area contributed by atoms with E-state index in [4.69, 9.17) is 0 Å². The lowest BCUT2D eigenvalue weighted by Gasteiger charge is -2.22. The van der Waals surface area contributed by atoms with Crippen LogP contribution in [0.4, 0.5) is 11.5 Å². The third kappa shape index (κ3) is 3.37. The molecule has 0 aliphatic heterocycles. The van der Waals surface area contributed by atoms with Gasteiger partial charge in [-0.1, -0.05) is 18.2 Å². The monoisotopic (exact) mass is 284 g/mol. The summed E-state index contributed by atoms with van der Waals surface area (Å²) >= 11 is 0. The first kappa shape index (κ1) is 15.0. The fourth-order valence-corrected chi connectivity index (χ4v) is 2.15. The Morgan fingerprint density at radius 3 is 2.48 bits per heavy atom. The van der Waals surface area contributed by atoms with E-state index in [1.54, 1.807) is 17.0 Å². The lowest BCUT2D eigenvalue weighted by atomic mass is 10.1. The van der Waals surface area contributed by atoms with Gasteiger partial charge in [0.05, 0.1) is 0 Å². The van der Waals surface area contributed by atoms with E-state index >= 15 is 0 Å². The number of carbonyl (C=O) groups is 1. The van der Waals surface area contributed by atoms with Crippen molar-refractivity contribution in [3.05, 3.63) is 47.7 Å². The summed E-state index contributed by atoms with van der Waals surface area (Å²) in [6.07, 6.45) is 0. The van der Waals surface area contributed by atoms with Gasteiger partial charge in [0, 0.05) is 18.8 Å². The van der Waals surface area contributed by atoms with Crippen LogP contribution >= 0.6 is 0 Å². The highest BCUT2D eigenvalue weighted by Gasteiger charge is 2.19. The molecule has 0 atom stereocenters. The number of amides is 1. The molecule has 1 aromatic heterocycles. The highest BCUT2D eigenvalue weighted by Crippen LogP contribution is 2.21. The maximum absolute atomic E-state index is 12.6. The molecule has 1 heterocycles. The number of nitrogens with zero attached hydrogens (tertiary/aromatic N) is 3. The fraction of sp³-hybridized carbons (Fsp3) is 0.312. The number of rotatable bonds is 5. The molecule has 0 radical (unpaired) electrons. The van der Waals surface area contributed by atoms with Crippen molar-refractivity contribution >= 4 is 17.4 Å². The van der Waals surface area contributed by atoms with Crippen molar-refractivity contribution in [3.8, 4) is 0 Å². The molecule has 0 bridgehead atoms. The number of carbonyl (C=O) groups excluding carboxylic acids is 1. The Hall–Kier alpha value is -2.43. The van der Waals surface area contributed by atoms with Gasteiger partial charge >= 0.3 is 0 Å². The van der Waals surface area contributed by atoms with Crippen LogP contribution in [0.3, 0.4) is 0 Å². The Labute approximate surface area is 125 Å². The van der Waals surface area contributed by atoms with Crippen LogP contribution in [0, 0.1) is 6.92 Å². The molecule has 2 rings (SSSR count). The molecule has 1 aromatic carbocycles. The second-order valence-corrected chi connectivity index (χ2v) is 4.67. The molecule has 1 amide bonds. The number of aryl methyl sites for hydroxylation is 1. The Bertz CT molecular complexity index is 610. The number of benzene rings is 1. The lowest BCUT2D eigenvalue weighted by molar-refractivity contribution is 0.0982. The van der Waals surface area contributed by atoms with Gasteiger partial charge in [-0.3, -0.25) is 4.79 Å². The van der Waals surface area contributed by atoms with Crippen molar-refractivity contribution in [2.45, 2.75) is 20.8 Å². The van der Waals surface area contributed by atoms with Crippen LogP contribution in [0.1, 0.15) is 29.9 Å². The molecular formula is C16H20N4O. The molecule has 0 aliphatic rings. The first-order valence-corrected chi connectivity index (χ1v) is 7.12. The standard InChI is InChI=1S/C16H20N4O/c1-4-17-15-11-10-13(18-19-15)16(21)20(5-2)14-9-7-6-8-12(14)3/h6-11H,4-5H2,1-3H3,(H,17,19). The Morgan fingerprint density at radius 1 is 1.14 bits per heavy atom. The summed E-state index contributed by atoms with van der Waals surface area (Å²) in [5.41, 5.74) is 2.31. The van der Waals surface area contributed by atoms with E-state index in [-0.39, 0.29) is 5.91 Å². The molecule has 0 fully saturated rings. The van der Waals surface area contributed by atoms with E-state index in [9.17, 15) is 4.79 Å². The van der Waals surface area contributed by atoms with E-state index in [2.05, 4.69) is 15.5 Å². The van der Waals surface area contributed by atoms with Gasteiger partial charge in [-0.2, -0.15) is 0 Å². The van der Waals surface area contributed by atoms with Gasteiger partial charge in [-0.25, -0.2) is 0 Å². The molecule has 0 saturated heterocycles. The Balaban J connectivity index is 2.26. The first-order chi connectivity index (χ1) is 10.2. The molecule has 0 aliphatic carbocycles. The van der Waals surface area contributed by atoms with Gasteiger partial charge in [-0.15, -0.1) is 10.2 Å². The number of aromatic nitrogens is 2. The van der Waals surface area contributed by atoms with E-state index in [1.165, 1.54) is 0 Å². The van der Waals surface area contributed by atoms with Crippen molar-refractivity contribution in [2.75, 3.05) is 23.3 Å². The zero-order valence-corrected chi connectivity index (χ0v) is 12.6. The van der Waals surface area contributed by atoms with Gasteiger partial charge in [0.2, 0.25) is 0 Å². The lowest BCUT2D eigenvalue weighted by Crippen LogP contribution is -2.32. The highest BCUT2D eigenvalue weighted by molar-refractivity contribution is 6.05. The summed E-state index contributed by atoms with van der Waals surface area (Å²) in [6, 6.07) is 11.3. The van der Waals surface area contributed by atoms with Crippen molar-refractivity contribution in [3.63, 3.8) is 0 Å². The molecule has 0 unspecified atom stereocenters. The van der Waals surface area contributed by atoms with Crippen LogP contribution in [-0.2, 0) is 0 Å². The fourth-order valence-electron chi connectivity index (χ4n) is 2.15. The van der Waals surface area contributed by atoms with Crippen LogP contribution in [0.25, 0.3) is 0 Å². The SMILES string of the molecule is CCNc1ccc(C(=O)N(CC)c2ccccc2C)nn1. The number of hydrogen-bond acceptors (Lipinski definition) is 4. The van der Waals surface area contributed by atoms with Crippen molar-refractivity contribution in [1.29, 1.82) is 0 Å². The van der Waals surface area contributed by atoms with Gasteiger partial charge in [0.1, 0.15) is 5.82 Å². The summed E-state index contributed by atoms with van der Waals surface area (Å²) in [4.78, 5) is 14.3. The molecule has 110 valence electrons. The maximum Gasteiger partial charge on any atom is 0.278 e. The zero-order chi connectivity index (χ0) is 15.2. The molecule has 0 saturated carbocycles. The normalized spacial score (nSPS) is 10.2. The first-order valence-electron chi connectivity index (χ1n) is 7.12. The Kier molecular flexibility index (Phi) is 4.87. The van der Waals surface area contributed by atoms with Crippen LogP contribution in [0.2, 0.25) is 0 Å². The van der Waals surface area contributed by atoms with Gasteiger partial charge in [0.25, 0.3) is 5.91 Å². The van der Waals surface area contributed by atoms with E-state index in [0.29, 0.717) is 18.1 Å². The molecule has 1 N–H and O–H groups in total. The van der Waals surface area contributed by atoms with Crippen LogP contribution in [-0.4, -0.2) is 29.2 Å².